The average molecular weight is 909 g/mol. The fourth-order valence-corrected chi connectivity index (χ4v) is 9.00. The second kappa shape index (κ2) is 18.4. The number of aromatic nitrogens is 5. The van der Waals surface area contributed by atoms with Gasteiger partial charge in [0.05, 0.1) is 29.5 Å². The Morgan fingerprint density at radius 3 is 2.28 bits per heavy atom. The largest absolute Gasteiger partial charge is 0.477 e. The third-order valence-corrected chi connectivity index (χ3v) is 12.3. The molecule has 340 valence electrons. The van der Waals surface area contributed by atoms with Gasteiger partial charge in [-0.2, -0.15) is 4.68 Å². The summed E-state index contributed by atoms with van der Waals surface area (Å²) in [5.41, 5.74) is 1.29. The maximum atomic E-state index is 14.5. The zero-order chi connectivity index (χ0) is 46.2. The van der Waals surface area contributed by atoms with Gasteiger partial charge in [-0.25, -0.2) is 14.2 Å². The number of anilines is 3. The quantitative estimate of drug-likeness (QED) is 0.171. The van der Waals surface area contributed by atoms with Crippen LogP contribution in [0.1, 0.15) is 62.5 Å². The molecule has 20 heteroatoms. The van der Waals surface area contributed by atoms with E-state index < -0.39 is 41.4 Å². The van der Waals surface area contributed by atoms with Crippen molar-refractivity contribution in [2.45, 2.75) is 76.7 Å². The first kappa shape index (κ1) is 44.9. The highest BCUT2D eigenvalue weighted by atomic mass is 35.5. The fraction of sp³-hybridized carbons (Fsp3) is 0.400. The third kappa shape index (κ3) is 9.57. The van der Waals surface area contributed by atoms with E-state index in [2.05, 4.69) is 25.7 Å². The van der Waals surface area contributed by atoms with Crippen molar-refractivity contribution in [3.8, 4) is 5.69 Å². The number of rotatable bonds is 11. The van der Waals surface area contributed by atoms with Gasteiger partial charge in [0.1, 0.15) is 23.7 Å². The number of carboxylic acids is 1. The lowest BCUT2D eigenvalue weighted by Gasteiger charge is -2.41. The normalized spacial score (nSPS) is 19.2. The van der Waals surface area contributed by atoms with Crippen molar-refractivity contribution in [2.24, 2.45) is 0 Å². The molecule has 1 unspecified atom stereocenters. The van der Waals surface area contributed by atoms with E-state index in [1.54, 1.807) is 57.0 Å². The van der Waals surface area contributed by atoms with Crippen molar-refractivity contribution >= 4 is 75.3 Å². The van der Waals surface area contributed by atoms with Gasteiger partial charge in [0.25, 0.3) is 0 Å². The van der Waals surface area contributed by atoms with Gasteiger partial charge in [-0.15, -0.1) is 5.10 Å². The zero-order valence-corrected chi connectivity index (χ0v) is 37.1. The lowest BCUT2D eigenvalue weighted by Crippen LogP contribution is -2.60. The number of ether oxygens (including phenoxy) is 2. The number of hydrogen-bond donors (Lipinski definition) is 2. The van der Waals surface area contributed by atoms with Crippen LogP contribution in [-0.2, 0) is 35.1 Å². The molecule has 4 amide bonds. The third-order valence-electron chi connectivity index (χ3n) is 12.0. The number of carboxylic acid groups (broad SMARTS) is 1. The van der Waals surface area contributed by atoms with Gasteiger partial charge in [0, 0.05) is 67.5 Å². The van der Waals surface area contributed by atoms with E-state index in [-0.39, 0.29) is 48.4 Å². The van der Waals surface area contributed by atoms with Crippen molar-refractivity contribution < 1.29 is 43.3 Å². The van der Waals surface area contributed by atoms with Crippen LogP contribution in [0.15, 0.2) is 73.1 Å². The zero-order valence-electron chi connectivity index (χ0n) is 36.3. The summed E-state index contributed by atoms with van der Waals surface area (Å²) in [6.07, 6.45) is 4.65. The molecule has 1 aliphatic carbocycles. The number of fused-ring (bicyclic) bond motifs is 1. The molecule has 5 aromatic rings. The van der Waals surface area contributed by atoms with Gasteiger partial charge in [-0.1, -0.05) is 23.7 Å². The summed E-state index contributed by atoms with van der Waals surface area (Å²) >= 11 is 6.36. The predicted molar refractivity (Wildman–Crippen MR) is 238 cm³/mol. The molecule has 8 rings (SSSR count). The average Bonchev–Trinajstić information content (AvgIpc) is 3.96. The molecule has 0 radical (unpaired) electrons. The summed E-state index contributed by atoms with van der Waals surface area (Å²) in [4.78, 5) is 88.1. The first-order chi connectivity index (χ1) is 31.1. The summed E-state index contributed by atoms with van der Waals surface area (Å²) in [6.45, 7) is 6.51. The first-order valence-electron chi connectivity index (χ1n) is 21.3. The lowest BCUT2D eigenvalue weighted by atomic mass is 9.91. The molecule has 1 atom stereocenters. The van der Waals surface area contributed by atoms with E-state index >= 15 is 0 Å². The van der Waals surface area contributed by atoms with E-state index in [1.165, 1.54) is 51.1 Å². The summed E-state index contributed by atoms with van der Waals surface area (Å²) in [7, 11) is 1.74. The number of aromatic carboxylic acids is 1. The van der Waals surface area contributed by atoms with E-state index in [9.17, 15) is 33.9 Å². The van der Waals surface area contributed by atoms with Gasteiger partial charge in [0.2, 0.25) is 11.8 Å². The number of nitrogens with one attached hydrogen (secondary N) is 1. The number of hydrogen-bond acceptors (Lipinski definition) is 12. The molecule has 2 aliphatic heterocycles. The Kier molecular flexibility index (Phi) is 12.7. The highest BCUT2D eigenvalue weighted by Gasteiger charge is 2.41. The van der Waals surface area contributed by atoms with Crippen LogP contribution in [0.3, 0.4) is 0 Å². The molecule has 19 nitrogen and oxygen atoms in total. The summed E-state index contributed by atoms with van der Waals surface area (Å²) in [6, 6.07) is 16.9. The summed E-state index contributed by atoms with van der Waals surface area (Å²) in [5, 5.41) is 24.8. The van der Waals surface area contributed by atoms with Crippen molar-refractivity contribution in [1.29, 1.82) is 0 Å². The minimum absolute atomic E-state index is 0.00563. The number of halogens is 1. The molecule has 2 aromatic heterocycles. The lowest BCUT2D eigenvalue weighted by molar-refractivity contribution is -0.149. The minimum atomic E-state index is -1.36. The monoisotopic (exact) mass is 908 g/mol. The van der Waals surface area contributed by atoms with Crippen LogP contribution in [0.5, 0.6) is 0 Å². The van der Waals surface area contributed by atoms with Gasteiger partial charge < -0.3 is 34.6 Å². The SMILES string of the molecule is COC1CCC(N2CCN(c3ccc(CC(C(=O)Nc4ccc5c(c4)cc(C(=O)O)n5C(=O)OC(C)(C)C)N4CCN(c5cc(Cl)ccc5-n5cnnn5)C(=O)C4=O)cc3)C(=O)C2)CC1. The topological polar surface area (TPSA) is 215 Å². The minimum Gasteiger partial charge on any atom is -0.477 e. The Morgan fingerprint density at radius 2 is 1.62 bits per heavy atom. The van der Waals surface area contributed by atoms with Crippen LogP contribution < -0.4 is 15.1 Å². The molecule has 3 aliphatic rings. The summed E-state index contributed by atoms with van der Waals surface area (Å²) < 4.78 is 13.3. The number of piperazine rings is 2. The van der Waals surface area contributed by atoms with E-state index in [0.29, 0.717) is 52.2 Å². The Morgan fingerprint density at radius 1 is 0.877 bits per heavy atom. The molecule has 3 fully saturated rings. The number of carbonyl (C=O) groups is 6. The number of tetrazole rings is 1. The van der Waals surface area contributed by atoms with Crippen LogP contribution in [-0.4, -0.2) is 139 Å². The molecule has 4 heterocycles. The Bertz CT molecular complexity index is 2640. The van der Waals surface area contributed by atoms with Crippen LogP contribution in [0.4, 0.5) is 21.9 Å². The maximum Gasteiger partial charge on any atom is 0.419 e. The first-order valence-corrected chi connectivity index (χ1v) is 21.7. The molecule has 3 aromatic carbocycles. The van der Waals surface area contributed by atoms with Gasteiger partial charge in [0.15, 0.2) is 0 Å². The Balaban J connectivity index is 1.05. The van der Waals surface area contributed by atoms with Crippen molar-refractivity contribution in [2.75, 3.05) is 55.0 Å². The molecule has 0 spiro atoms. The van der Waals surface area contributed by atoms with E-state index in [1.807, 2.05) is 12.1 Å². The number of benzene rings is 3. The molecule has 0 bridgehead atoms. The second-order valence-corrected chi connectivity index (χ2v) is 17.8. The van der Waals surface area contributed by atoms with Crippen LogP contribution in [0, 0.1) is 0 Å². The van der Waals surface area contributed by atoms with Crippen molar-refractivity contribution in [1.82, 2.24) is 34.6 Å². The smallest absolute Gasteiger partial charge is 0.419 e. The second-order valence-electron chi connectivity index (χ2n) is 17.3. The van der Waals surface area contributed by atoms with Crippen LogP contribution >= 0.6 is 11.6 Å². The Labute approximate surface area is 378 Å². The predicted octanol–water partition coefficient (Wildman–Crippen LogP) is 4.78. The molecule has 65 heavy (non-hydrogen) atoms. The number of nitrogens with zero attached hydrogens (tertiary/aromatic N) is 9. The van der Waals surface area contributed by atoms with Gasteiger partial charge in [-0.05, 0) is 117 Å². The number of carbonyl (C=O) groups excluding carboxylic acids is 5. The van der Waals surface area contributed by atoms with Crippen molar-refractivity contribution in [3.63, 3.8) is 0 Å². The molecule has 2 N–H and O–H groups in total. The standard InChI is InChI=1S/C45H49ClN10O9/c1-45(2,3)65-44(63)56-34-16-8-30(22-28(34)23-38(56)43(61)62)48-40(58)37(54-20-19-53(41(59)42(54)60)36-24-29(46)7-15-35(36)55-26-47-49-50-55)21-27-5-9-32(10-6-27)52-18-17-51(25-39(52)57)31-11-13-33(64-4)14-12-31/h5-10,15-16,22-24,26,31,33,37H,11-14,17-21,25H2,1-4H3,(H,48,58)(H,61,62). The number of methoxy groups -OCH3 is 1. The molecule has 1 saturated carbocycles. The van der Waals surface area contributed by atoms with Gasteiger partial charge in [-0.3, -0.25) is 24.1 Å². The van der Waals surface area contributed by atoms with Gasteiger partial charge >= 0.3 is 23.9 Å². The molecular formula is C45H49ClN10O9. The van der Waals surface area contributed by atoms with E-state index in [4.69, 9.17) is 21.1 Å². The fourth-order valence-electron chi connectivity index (χ4n) is 8.84. The number of amides is 4. The van der Waals surface area contributed by atoms with E-state index in [0.717, 1.165) is 36.8 Å². The highest BCUT2D eigenvalue weighted by molar-refractivity contribution is 6.41. The molecule has 2 saturated heterocycles. The van der Waals surface area contributed by atoms with Crippen LogP contribution in [0.2, 0.25) is 5.02 Å². The highest BCUT2D eigenvalue weighted by Crippen LogP contribution is 2.32. The van der Waals surface area contributed by atoms with Crippen LogP contribution in [0.25, 0.3) is 16.6 Å². The molecular weight excluding hydrogens is 860 g/mol. The Hall–Kier alpha value is -6.70. The maximum absolute atomic E-state index is 14.5. The summed E-state index contributed by atoms with van der Waals surface area (Å²) in [5.74, 6) is -3.84. The van der Waals surface area contributed by atoms with Crippen molar-refractivity contribution in [3.05, 3.63) is 89.3 Å².